The highest BCUT2D eigenvalue weighted by atomic mass is 35.5. The number of esters is 2. The number of halogens is 1. The zero-order valence-corrected chi connectivity index (χ0v) is 18.8. The van der Waals surface area contributed by atoms with E-state index in [1.54, 1.807) is 67.6 Å². The molecule has 4 rings (SSSR count). The first kappa shape index (κ1) is 23.5. The van der Waals surface area contributed by atoms with Crippen LogP contribution in [-0.2, 0) is 14.2 Å². The third-order valence-electron chi connectivity index (χ3n) is 5.42. The summed E-state index contributed by atoms with van der Waals surface area (Å²) in [5, 5.41) is 0. The Morgan fingerprint density at radius 2 is 1.59 bits per heavy atom. The molecule has 1 aliphatic heterocycles. The van der Waals surface area contributed by atoms with Crippen molar-refractivity contribution < 1.29 is 23.8 Å². The zero-order valence-electron chi connectivity index (χ0n) is 18.1. The van der Waals surface area contributed by atoms with Gasteiger partial charge in [-0.15, -0.1) is 11.6 Å². The Morgan fingerprint density at radius 1 is 1.00 bits per heavy atom. The molecule has 1 N–H and O–H groups in total. The first-order chi connectivity index (χ1) is 16.3. The molecule has 0 bridgehead atoms. The number of alkyl halides is 1. The van der Waals surface area contributed by atoms with Crippen molar-refractivity contribution >= 4 is 23.5 Å². The van der Waals surface area contributed by atoms with Crippen LogP contribution in [0.2, 0.25) is 0 Å². The Hall–Kier alpha value is -3.69. The second kappa shape index (κ2) is 9.66. The maximum absolute atomic E-state index is 12.8. The number of benzene rings is 2. The molecular formula is C24H21ClN2O7. The average Bonchev–Trinajstić information content (AvgIpc) is 3.08. The number of carbonyl (C=O) groups excluding carboxylic acids is 2. The van der Waals surface area contributed by atoms with Gasteiger partial charge in [0.2, 0.25) is 0 Å². The van der Waals surface area contributed by atoms with Crippen LogP contribution in [0.3, 0.4) is 0 Å². The van der Waals surface area contributed by atoms with Crippen molar-refractivity contribution in [2.45, 2.75) is 30.2 Å². The highest BCUT2D eigenvalue weighted by molar-refractivity contribution is 6.24. The second-order valence-electron chi connectivity index (χ2n) is 7.85. The standard InChI is InChI=1S/C24H21ClN2O7/c1-24(25)19(34-21(30)16-10-6-3-7-11-16)17(14-32-20(29)15-8-4-2-5-9-15)33-22(24)27-13-12-18(28)26-23(27)31/h2-13,17,19,22H,14H2,1H3,(H,26,28,31). The third kappa shape index (κ3) is 4.80. The van der Waals surface area contributed by atoms with Gasteiger partial charge in [-0.1, -0.05) is 36.4 Å². The van der Waals surface area contributed by atoms with Crippen molar-refractivity contribution in [2.24, 2.45) is 0 Å². The van der Waals surface area contributed by atoms with E-state index < -0.39 is 46.5 Å². The maximum Gasteiger partial charge on any atom is 0.338 e. The summed E-state index contributed by atoms with van der Waals surface area (Å²) in [7, 11) is 0. The van der Waals surface area contributed by atoms with Crippen molar-refractivity contribution in [3.63, 3.8) is 0 Å². The van der Waals surface area contributed by atoms with E-state index in [2.05, 4.69) is 4.98 Å². The molecule has 4 unspecified atom stereocenters. The first-order valence-electron chi connectivity index (χ1n) is 10.4. The molecule has 0 radical (unpaired) electrons. The Labute approximate surface area is 198 Å². The van der Waals surface area contributed by atoms with Gasteiger partial charge in [0.15, 0.2) is 12.3 Å². The van der Waals surface area contributed by atoms with Crippen LogP contribution in [0.4, 0.5) is 0 Å². The summed E-state index contributed by atoms with van der Waals surface area (Å²) in [6.07, 6.45) is -1.99. The number of ether oxygens (including phenoxy) is 3. The summed E-state index contributed by atoms with van der Waals surface area (Å²) >= 11 is 6.81. The number of nitrogens with one attached hydrogen (secondary N) is 1. The molecule has 1 aliphatic rings. The van der Waals surface area contributed by atoms with Gasteiger partial charge >= 0.3 is 17.6 Å². The fourth-order valence-corrected chi connectivity index (χ4v) is 4.06. The molecule has 4 atom stereocenters. The molecule has 1 saturated heterocycles. The van der Waals surface area contributed by atoms with Crippen LogP contribution < -0.4 is 11.2 Å². The van der Waals surface area contributed by atoms with Crippen molar-refractivity contribution in [3.8, 4) is 0 Å². The maximum atomic E-state index is 12.8. The summed E-state index contributed by atoms with van der Waals surface area (Å²) in [5.41, 5.74) is -0.713. The number of hydrogen-bond acceptors (Lipinski definition) is 7. The van der Waals surface area contributed by atoms with Gasteiger partial charge in [-0.3, -0.25) is 14.3 Å². The van der Waals surface area contributed by atoms with Crippen LogP contribution in [-0.4, -0.2) is 45.2 Å². The smallest absolute Gasteiger partial charge is 0.338 e. The fraction of sp³-hybridized carbons (Fsp3) is 0.250. The lowest BCUT2D eigenvalue weighted by molar-refractivity contribution is -0.0585. The summed E-state index contributed by atoms with van der Waals surface area (Å²) in [5.74, 6) is -1.26. The lowest BCUT2D eigenvalue weighted by Crippen LogP contribution is -2.45. The molecule has 0 saturated carbocycles. The number of H-pyrrole nitrogens is 1. The Kier molecular flexibility index (Phi) is 6.67. The van der Waals surface area contributed by atoms with E-state index in [1.807, 2.05) is 0 Å². The van der Waals surface area contributed by atoms with Crippen LogP contribution in [0, 0.1) is 0 Å². The van der Waals surface area contributed by atoms with Crippen LogP contribution in [0.5, 0.6) is 0 Å². The number of aromatic amines is 1. The van der Waals surface area contributed by atoms with Crippen molar-refractivity contribution in [2.75, 3.05) is 6.61 Å². The van der Waals surface area contributed by atoms with E-state index in [4.69, 9.17) is 25.8 Å². The van der Waals surface area contributed by atoms with Crippen LogP contribution in [0.1, 0.15) is 33.9 Å². The molecule has 1 fully saturated rings. The van der Waals surface area contributed by atoms with Crippen molar-refractivity contribution in [1.29, 1.82) is 0 Å². The highest BCUT2D eigenvalue weighted by Gasteiger charge is 2.56. The lowest BCUT2D eigenvalue weighted by atomic mass is 10.0. The second-order valence-corrected chi connectivity index (χ2v) is 8.67. The quantitative estimate of drug-likeness (QED) is 0.422. The number of hydrogen-bond donors (Lipinski definition) is 1. The minimum atomic E-state index is -1.45. The molecule has 34 heavy (non-hydrogen) atoms. The third-order valence-corrected chi connectivity index (χ3v) is 5.82. The van der Waals surface area contributed by atoms with E-state index in [-0.39, 0.29) is 6.61 Å². The summed E-state index contributed by atoms with van der Waals surface area (Å²) < 4.78 is 18.2. The number of rotatable bonds is 6. The van der Waals surface area contributed by atoms with E-state index in [0.29, 0.717) is 11.1 Å². The number of nitrogens with zero attached hydrogens (tertiary/aromatic N) is 1. The number of aromatic nitrogens is 2. The minimum absolute atomic E-state index is 0.291. The molecule has 10 heteroatoms. The van der Waals surface area contributed by atoms with Gasteiger partial charge in [0.1, 0.15) is 17.6 Å². The summed E-state index contributed by atoms with van der Waals surface area (Å²) in [6.45, 7) is 1.25. The molecule has 0 aliphatic carbocycles. The van der Waals surface area contributed by atoms with Crippen molar-refractivity contribution in [3.05, 3.63) is 105 Å². The van der Waals surface area contributed by atoms with Gasteiger partial charge in [0, 0.05) is 12.3 Å². The molecule has 3 aromatic rings. The van der Waals surface area contributed by atoms with E-state index in [9.17, 15) is 19.2 Å². The van der Waals surface area contributed by atoms with E-state index in [0.717, 1.165) is 10.6 Å². The average molecular weight is 485 g/mol. The fourth-order valence-electron chi connectivity index (χ4n) is 3.71. The molecule has 1 aromatic heterocycles. The topological polar surface area (TPSA) is 117 Å². The van der Waals surface area contributed by atoms with E-state index in [1.165, 1.54) is 6.20 Å². The van der Waals surface area contributed by atoms with Gasteiger partial charge in [0.05, 0.1) is 11.1 Å². The van der Waals surface area contributed by atoms with Gasteiger partial charge in [-0.2, -0.15) is 0 Å². The van der Waals surface area contributed by atoms with Crippen LogP contribution >= 0.6 is 11.6 Å². The largest absolute Gasteiger partial charge is 0.459 e. The summed E-state index contributed by atoms with van der Waals surface area (Å²) in [6, 6.07) is 17.8. The predicted molar refractivity (Wildman–Crippen MR) is 122 cm³/mol. The summed E-state index contributed by atoms with van der Waals surface area (Å²) in [4.78, 5) is 49.8. The normalized spacial score (nSPS) is 23.9. The Balaban J connectivity index is 1.62. The first-order valence-corrected chi connectivity index (χ1v) is 10.8. The molecule has 9 nitrogen and oxygen atoms in total. The Morgan fingerprint density at radius 3 is 2.18 bits per heavy atom. The van der Waals surface area contributed by atoms with Gasteiger partial charge in [-0.05, 0) is 31.2 Å². The highest BCUT2D eigenvalue weighted by Crippen LogP contribution is 2.44. The molecular weight excluding hydrogens is 464 g/mol. The predicted octanol–water partition coefficient (Wildman–Crippen LogP) is 2.51. The molecule has 2 aromatic carbocycles. The molecule has 176 valence electrons. The minimum Gasteiger partial charge on any atom is -0.459 e. The molecule has 0 amide bonds. The zero-order chi connectivity index (χ0) is 24.3. The lowest BCUT2D eigenvalue weighted by Gasteiger charge is -2.29. The molecule has 2 heterocycles. The SMILES string of the molecule is CC1(Cl)C(OC(=O)c2ccccc2)C(COC(=O)c2ccccc2)OC1n1ccc(=O)[nH]c1=O. The van der Waals surface area contributed by atoms with Gasteiger partial charge < -0.3 is 14.2 Å². The van der Waals surface area contributed by atoms with Crippen molar-refractivity contribution in [1.82, 2.24) is 9.55 Å². The number of carbonyl (C=O) groups is 2. The Bertz CT molecular complexity index is 1290. The van der Waals surface area contributed by atoms with Gasteiger partial charge in [-0.25, -0.2) is 14.4 Å². The van der Waals surface area contributed by atoms with E-state index >= 15 is 0 Å². The monoisotopic (exact) mass is 484 g/mol. The van der Waals surface area contributed by atoms with Gasteiger partial charge in [0.25, 0.3) is 5.56 Å². The van der Waals surface area contributed by atoms with Crippen LogP contribution in [0.15, 0.2) is 82.5 Å². The molecule has 0 spiro atoms. The van der Waals surface area contributed by atoms with Crippen LogP contribution in [0.25, 0.3) is 0 Å².